The van der Waals surface area contributed by atoms with Gasteiger partial charge in [-0.25, -0.2) is 0 Å². The molecule has 0 saturated carbocycles. The maximum Gasteiger partial charge on any atom is 2.00 e. The van der Waals surface area contributed by atoms with Gasteiger partial charge in [-0.3, -0.25) is 0 Å². The molecule has 0 heterocycles. The first-order chi connectivity index (χ1) is 6.70. The van der Waals surface area contributed by atoms with Crippen molar-refractivity contribution in [2.75, 3.05) is 6.61 Å². The number of aliphatic hydroxyl groups excluding tert-OH is 3. The second kappa shape index (κ2) is 17.5. The zero-order valence-electron chi connectivity index (χ0n) is 9.54. The van der Waals surface area contributed by atoms with E-state index >= 15 is 0 Å². The Morgan fingerprint density at radius 1 is 1.06 bits per heavy atom. The first kappa shape index (κ1) is 25.1. The fourth-order valence-corrected chi connectivity index (χ4v) is 0. The summed E-state index contributed by atoms with van der Waals surface area (Å²) in [5.74, 6) is -2.87. The second-order valence-electron chi connectivity index (χ2n) is 2.31. The first-order valence-corrected chi connectivity index (χ1v) is 4.09. The van der Waals surface area contributed by atoms with Gasteiger partial charge < -0.3 is 35.1 Å². The Hall–Kier alpha value is 0.0797. The minimum absolute atomic E-state index is 0. The summed E-state index contributed by atoms with van der Waals surface area (Å²) in [6.45, 7) is 4.20. The normalized spacial score (nSPS) is 11.4. The van der Waals surface area contributed by atoms with Gasteiger partial charge in [-0.15, -0.1) is 0 Å². The molecule has 7 nitrogen and oxygen atoms in total. The van der Waals surface area contributed by atoms with E-state index in [-0.39, 0.29) is 44.3 Å². The zero-order chi connectivity index (χ0) is 13.0. The van der Waals surface area contributed by atoms with Crippen LogP contribution in [-0.2, 0) is 9.59 Å². The molecule has 0 fully saturated rings. The SMILES string of the molecule is CC(O)C(=O)[O-].CC(O)C(=O)[O-].CCO.[Ca+2]. The Morgan fingerprint density at radius 2 is 1.12 bits per heavy atom. The smallest absolute Gasteiger partial charge is 0.547 e. The van der Waals surface area contributed by atoms with Crippen molar-refractivity contribution >= 4 is 49.7 Å². The van der Waals surface area contributed by atoms with Crippen LogP contribution in [-0.4, -0.2) is 83.8 Å². The van der Waals surface area contributed by atoms with E-state index in [4.69, 9.17) is 15.3 Å². The summed E-state index contributed by atoms with van der Waals surface area (Å²) in [5, 5.41) is 42.2. The number of aliphatic carboxylic acids is 2. The summed E-state index contributed by atoms with van der Waals surface area (Å²) < 4.78 is 0. The third-order valence-corrected chi connectivity index (χ3v) is 0.682. The maximum atomic E-state index is 9.34. The average molecular weight is 264 g/mol. The minimum atomic E-state index is -1.44. The zero-order valence-corrected chi connectivity index (χ0v) is 11.8. The van der Waals surface area contributed by atoms with E-state index < -0.39 is 24.1 Å². The van der Waals surface area contributed by atoms with E-state index in [1.807, 2.05) is 0 Å². The number of carbonyl (C=O) groups is 2. The topological polar surface area (TPSA) is 141 Å². The number of rotatable bonds is 2. The van der Waals surface area contributed by atoms with Gasteiger partial charge in [0.15, 0.2) is 0 Å². The first-order valence-electron chi connectivity index (χ1n) is 4.09. The monoisotopic (exact) mass is 264 g/mol. The fourth-order valence-electron chi connectivity index (χ4n) is 0. The summed E-state index contributed by atoms with van der Waals surface area (Å²) in [6, 6.07) is 0. The fraction of sp³-hybridized carbons (Fsp3) is 0.750. The van der Waals surface area contributed by atoms with E-state index in [9.17, 15) is 19.8 Å². The molecule has 8 heteroatoms. The maximum absolute atomic E-state index is 9.34. The Labute approximate surface area is 124 Å². The van der Waals surface area contributed by atoms with Crippen LogP contribution >= 0.6 is 0 Å². The van der Waals surface area contributed by atoms with Crippen molar-refractivity contribution in [3.63, 3.8) is 0 Å². The average Bonchev–Trinajstić information content (AvgIpc) is 2.06. The molecule has 16 heavy (non-hydrogen) atoms. The van der Waals surface area contributed by atoms with Gasteiger partial charge in [-0.2, -0.15) is 0 Å². The molecule has 0 aliphatic heterocycles. The molecule has 92 valence electrons. The number of aliphatic hydroxyl groups is 3. The number of carbonyl (C=O) groups excluding carboxylic acids is 2. The molecule has 2 unspecified atom stereocenters. The Bertz CT molecular complexity index is 152. The Morgan fingerprint density at radius 3 is 1.12 bits per heavy atom. The third-order valence-electron chi connectivity index (χ3n) is 0.682. The molecule has 0 aromatic carbocycles. The van der Waals surface area contributed by atoms with Crippen LogP contribution in [0.1, 0.15) is 20.8 Å². The summed E-state index contributed by atoms with van der Waals surface area (Å²) in [5.41, 5.74) is 0. The Kier molecular flexibility index (Phi) is 27.4. The molecule has 0 saturated heterocycles. The standard InChI is InChI=1S/2C3H6O3.C2H6O.Ca/c2*1-2(4)3(5)6;1-2-3;/h2*2,4H,1H3,(H,5,6);3H,2H2,1H3;/q;;;+2/p-2. The van der Waals surface area contributed by atoms with Crippen molar-refractivity contribution in [3.05, 3.63) is 0 Å². The minimum Gasteiger partial charge on any atom is -0.547 e. The van der Waals surface area contributed by atoms with Crippen LogP contribution in [0, 0.1) is 0 Å². The Balaban J connectivity index is -0.0000000692. The second-order valence-corrected chi connectivity index (χ2v) is 2.31. The van der Waals surface area contributed by atoms with E-state index in [1.165, 1.54) is 0 Å². The van der Waals surface area contributed by atoms with E-state index in [1.54, 1.807) is 6.92 Å². The van der Waals surface area contributed by atoms with E-state index in [0.717, 1.165) is 13.8 Å². The van der Waals surface area contributed by atoms with Crippen molar-refractivity contribution in [2.45, 2.75) is 33.0 Å². The van der Waals surface area contributed by atoms with Gasteiger partial charge in [0.25, 0.3) is 0 Å². The molecule has 0 amide bonds. The van der Waals surface area contributed by atoms with Crippen molar-refractivity contribution in [2.24, 2.45) is 0 Å². The van der Waals surface area contributed by atoms with Crippen LogP contribution in [0.3, 0.4) is 0 Å². The number of carboxylic acids is 2. The van der Waals surface area contributed by atoms with E-state index in [2.05, 4.69) is 0 Å². The van der Waals surface area contributed by atoms with Crippen LogP contribution < -0.4 is 10.2 Å². The van der Waals surface area contributed by atoms with Crippen LogP contribution in [0.4, 0.5) is 0 Å². The van der Waals surface area contributed by atoms with Gasteiger partial charge in [-0.05, 0) is 20.8 Å². The van der Waals surface area contributed by atoms with Crippen molar-refractivity contribution < 1.29 is 35.1 Å². The number of hydrogen-bond acceptors (Lipinski definition) is 7. The largest absolute Gasteiger partial charge is 2.00 e. The predicted octanol–water partition coefficient (Wildman–Crippen LogP) is -4.15. The molecule has 0 bridgehead atoms. The molecule has 0 aromatic rings. The molecule has 0 spiro atoms. The molecule has 0 aromatic heterocycles. The summed E-state index contributed by atoms with van der Waals surface area (Å²) in [7, 11) is 0. The van der Waals surface area contributed by atoms with Gasteiger partial charge in [-0.1, -0.05) is 0 Å². The third kappa shape index (κ3) is 36.9. The van der Waals surface area contributed by atoms with E-state index in [0.29, 0.717) is 0 Å². The molecule has 3 N–H and O–H groups in total. The van der Waals surface area contributed by atoms with Crippen LogP contribution in [0.2, 0.25) is 0 Å². The molecule has 0 aliphatic carbocycles. The molecular weight excluding hydrogens is 248 g/mol. The van der Waals surface area contributed by atoms with Crippen molar-refractivity contribution in [1.82, 2.24) is 0 Å². The van der Waals surface area contributed by atoms with Crippen molar-refractivity contribution in [3.8, 4) is 0 Å². The number of hydrogen-bond donors (Lipinski definition) is 3. The van der Waals surface area contributed by atoms with Crippen LogP contribution in [0.25, 0.3) is 0 Å². The number of carboxylic acid groups (broad SMARTS) is 2. The molecule has 0 rings (SSSR count). The molecule has 0 radical (unpaired) electrons. The summed E-state index contributed by atoms with van der Waals surface area (Å²) >= 11 is 0. The van der Waals surface area contributed by atoms with Gasteiger partial charge in [0.1, 0.15) is 0 Å². The summed E-state index contributed by atoms with van der Waals surface area (Å²) in [4.78, 5) is 18.7. The van der Waals surface area contributed by atoms with Gasteiger partial charge in [0, 0.05) is 6.61 Å². The van der Waals surface area contributed by atoms with Crippen molar-refractivity contribution in [1.29, 1.82) is 0 Å². The van der Waals surface area contributed by atoms with Crippen LogP contribution in [0.15, 0.2) is 0 Å². The van der Waals surface area contributed by atoms with Gasteiger partial charge in [0.2, 0.25) is 0 Å². The van der Waals surface area contributed by atoms with Crippen LogP contribution in [0.5, 0.6) is 0 Å². The summed E-state index contributed by atoms with van der Waals surface area (Å²) in [6.07, 6.45) is -2.69. The van der Waals surface area contributed by atoms with Gasteiger partial charge >= 0.3 is 37.7 Å². The molecular formula is C8H16CaO7. The van der Waals surface area contributed by atoms with Gasteiger partial charge in [0.05, 0.1) is 24.1 Å². The predicted molar refractivity (Wildman–Crippen MR) is 51.9 cm³/mol. The molecule has 0 aliphatic rings. The quantitative estimate of drug-likeness (QED) is 0.430. The molecule has 2 atom stereocenters.